The Morgan fingerprint density at radius 2 is 1.88 bits per heavy atom. The van der Waals surface area contributed by atoms with Crippen LogP contribution in [0.2, 0.25) is 0 Å². The van der Waals surface area contributed by atoms with Gasteiger partial charge in [-0.1, -0.05) is 36.4 Å². The third kappa shape index (κ3) is 3.55. The molecular formula is C20H21N3O2S. The molecule has 0 aromatic heterocycles. The topological polar surface area (TPSA) is 52.7 Å². The Labute approximate surface area is 157 Å². The van der Waals surface area contributed by atoms with Gasteiger partial charge >= 0.3 is 0 Å². The molecule has 4 rings (SSSR count). The number of carbonyl (C=O) groups excluding carboxylic acids is 2. The van der Waals surface area contributed by atoms with Crippen molar-refractivity contribution < 1.29 is 9.59 Å². The molecule has 0 bridgehead atoms. The Morgan fingerprint density at radius 1 is 1.08 bits per heavy atom. The molecule has 1 N–H and O–H groups in total. The summed E-state index contributed by atoms with van der Waals surface area (Å²) in [4.78, 5) is 28.0. The highest BCUT2D eigenvalue weighted by Crippen LogP contribution is 2.30. The van der Waals surface area contributed by atoms with Crippen LogP contribution < -0.4 is 10.2 Å². The maximum absolute atomic E-state index is 12.4. The number of fused-ring (bicyclic) bond motifs is 1. The molecule has 6 heteroatoms. The van der Waals surface area contributed by atoms with Crippen molar-refractivity contribution >= 4 is 35.0 Å². The second-order valence-corrected chi connectivity index (χ2v) is 7.53. The van der Waals surface area contributed by atoms with Crippen LogP contribution in [0, 0.1) is 0 Å². The smallest absolute Gasteiger partial charge is 0.244 e. The first kappa shape index (κ1) is 17.0. The van der Waals surface area contributed by atoms with Crippen LogP contribution in [0.3, 0.4) is 0 Å². The molecule has 0 saturated carbocycles. The van der Waals surface area contributed by atoms with E-state index < -0.39 is 0 Å². The van der Waals surface area contributed by atoms with E-state index >= 15 is 0 Å². The number of anilines is 2. The predicted molar refractivity (Wildman–Crippen MR) is 105 cm³/mol. The summed E-state index contributed by atoms with van der Waals surface area (Å²) in [6.07, 6.45) is 1.05. The summed E-state index contributed by atoms with van der Waals surface area (Å²) in [5.74, 6) is 0.957. The average Bonchev–Trinajstić information content (AvgIpc) is 3.23. The molecule has 2 aliphatic heterocycles. The highest BCUT2D eigenvalue weighted by molar-refractivity contribution is 8.00. The van der Waals surface area contributed by atoms with Crippen LogP contribution in [0.4, 0.5) is 11.4 Å². The molecule has 0 aliphatic carbocycles. The number of thioether (sulfide) groups is 1. The summed E-state index contributed by atoms with van der Waals surface area (Å²) in [7, 11) is 0. The van der Waals surface area contributed by atoms with Gasteiger partial charge in [0.25, 0.3) is 0 Å². The highest BCUT2D eigenvalue weighted by Gasteiger charge is 2.24. The molecule has 1 saturated heterocycles. The molecule has 2 aliphatic rings. The lowest BCUT2D eigenvalue weighted by Gasteiger charge is -2.22. The fraction of sp³-hybridized carbons (Fsp3) is 0.300. The van der Waals surface area contributed by atoms with Crippen LogP contribution in [-0.4, -0.2) is 41.4 Å². The summed E-state index contributed by atoms with van der Waals surface area (Å²) in [6, 6.07) is 16.4. The number of rotatable bonds is 5. The third-order valence-corrected chi connectivity index (χ3v) is 5.74. The summed E-state index contributed by atoms with van der Waals surface area (Å²) >= 11 is 1.55. The van der Waals surface area contributed by atoms with E-state index in [2.05, 4.69) is 34.5 Å². The quantitative estimate of drug-likeness (QED) is 0.883. The second-order valence-electron chi connectivity index (χ2n) is 6.57. The Kier molecular flexibility index (Phi) is 4.84. The van der Waals surface area contributed by atoms with Crippen LogP contribution in [0.5, 0.6) is 0 Å². The van der Waals surface area contributed by atoms with Crippen molar-refractivity contribution in [3.8, 4) is 0 Å². The van der Waals surface area contributed by atoms with Crippen LogP contribution in [-0.2, 0) is 22.6 Å². The lowest BCUT2D eigenvalue weighted by atomic mass is 10.1. The van der Waals surface area contributed by atoms with E-state index in [1.807, 2.05) is 24.3 Å². The van der Waals surface area contributed by atoms with Gasteiger partial charge in [-0.15, -0.1) is 11.8 Å². The average molecular weight is 367 g/mol. The van der Waals surface area contributed by atoms with Gasteiger partial charge in [-0.2, -0.15) is 0 Å². The van der Waals surface area contributed by atoms with Gasteiger partial charge in [0, 0.05) is 24.5 Å². The van der Waals surface area contributed by atoms with E-state index in [-0.39, 0.29) is 18.4 Å². The molecule has 0 atom stereocenters. The lowest BCUT2D eigenvalue weighted by molar-refractivity contribution is -0.130. The van der Waals surface area contributed by atoms with E-state index in [1.54, 1.807) is 16.7 Å². The molecule has 26 heavy (non-hydrogen) atoms. The zero-order valence-corrected chi connectivity index (χ0v) is 15.3. The number of hydrogen-bond donors (Lipinski definition) is 1. The maximum Gasteiger partial charge on any atom is 0.244 e. The largest absolute Gasteiger partial charge is 0.367 e. The minimum atomic E-state index is -0.143. The van der Waals surface area contributed by atoms with Crippen LogP contribution in [0.15, 0.2) is 48.5 Å². The Hall–Kier alpha value is -2.47. The standard InChI is InChI=1S/C20H21N3O2S/c24-19(12-23-14-26-13-20(23)25)21-17-7-3-1-6-16(17)11-22-10-9-15-5-2-4-8-18(15)22/h1-8H,9-14H2,(H,21,24). The lowest BCUT2D eigenvalue weighted by Crippen LogP contribution is -2.34. The molecular weight excluding hydrogens is 346 g/mol. The maximum atomic E-state index is 12.4. The predicted octanol–water partition coefficient (Wildman–Crippen LogP) is 2.72. The van der Waals surface area contributed by atoms with Gasteiger partial charge in [0.1, 0.15) is 6.54 Å². The van der Waals surface area contributed by atoms with Crippen LogP contribution in [0.25, 0.3) is 0 Å². The van der Waals surface area contributed by atoms with Crippen molar-refractivity contribution in [1.82, 2.24) is 4.90 Å². The van der Waals surface area contributed by atoms with E-state index in [4.69, 9.17) is 0 Å². The zero-order chi connectivity index (χ0) is 17.9. The molecule has 2 aromatic carbocycles. The number of amides is 2. The van der Waals surface area contributed by atoms with Crippen molar-refractivity contribution in [3.05, 3.63) is 59.7 Å². The van der Waals surface area contributed by atoms with Crippen LogP contribution >= 0.6 is 11.8 Å². The third-order valence-electron chi connectivity index (χ3n) is 4.80. The molecule has 0 spiro atoms. The van der Waals surface area contributed by atoms with Gasteiger partial charge in [-0.3, -0.25) is 9.59 Å². The van der Waals surface area contributed by atoms with Gasteiger partial charge < -0.3 is 15.1 Å². The number of benzene rings is 2. The fourth-order valence-corrected chi connectivity index (χ4v) is 4.36. The molecule has 0 unspecified atom stereocenters. The molecule has 0 radical (unpaired) electrons. The van der Waals surface area contributed by atoms with E-state index in [9.17, 15) is 9.59 Å². The van der Waals surface area contributed by atoms with Crippen LogP contribution in [0.1, 0.15) is 11.1 Å². The molecule has 134 valence electrons. The van der Waals surface area contributed by atoms with Crippen molar-refractivity contribution in [2.24, 2.45) is 0 Å². The Bertz CT molecular complexity index is 839. The fourth-order valence-electron chi connectivity index (χ4n) is 3.46. The molecule has 2 amide bonds. The summed E-state index contributed by atoms with van der Waals surface area (Å²) < 4.78 is 0. The van der Waals surface area contributed by atoms with Crippen molar-refractivity contribution in [1.29, 1.82) is 0 Å². The number of nitrogens with zero attached hydrogens (tertiary/aromatic N) is 2. The van der Waals surface area contributed by atoms with E-state index in [1.165, 1.54) is 11.3 Å². The van der Waals surface area contributed by atoms with Gasteiger partial charge in [0.15, 0.2) is 0 Å². The van der Waals surface area contributed by atoms with Gasteiger partial charge in [0.2, 0.25) is 11.8 Å². The monoisotopic (exact) mass is 367 g/mol. The Balaban J connectivity index is 1.45. The number of para-hydroxylation sites is 2. The normalized spacial score (nSPS) is 16.1. The highest BCUT2D eigenvalue weighted by atomic mass is 32.2. The first-order valence-electron chi connectivity index (χ1n) is 8.77. The first-order valence-corrected chi connectivity index (χ1v) is 9.92. The first-order chi connectivity index (χ1) is 12.7. The zero-order valence-electron chi connectivity index (χ0n) is 14.5. The second kappa shape index (κ2) is 7.41. The van der Waals surface area contributed by atoms with Crippen molar-refractivity contribution in [2.75, 3.05) is 34.9 Å². The molecule has 1 fully saturated rings. The number of carbonyl (C=O) groups is 2. The molecule has 2 heterocycles. The summed E-state index contributed by atoms with van der Waals surface area (Å²) in [5, 5.41) is 2.99. The number of hydrogen-bond acceptors (Lipinski definition) is 4. The van der Waals surface area contributed by atoms with Crippen molar-refractivity contribution in [2.45, 2.75) is 13.0 Å². The molecule has 5 nitrogen and oxygen atoms in total. The van der Waals surface area contributed by atoms with E-state index in [0.717, 1.165) is 30.8 Å². The van der Waals surface area contributed by atoms with Crippen molar-refractivity contribution in [3.63, 3.8) is 0 Å². The van der Waals surface area contributed by atoms with E-state index in [0.29, 0.717) is 11.6 Å². The summed E-state index contributed by atoms with van der Waals surface area (Å²) in [5.41, 5.74) is 4.55. The minimum absolute atomic E-state index is 0.0344. The molecule has 2 aromatic rings. The Morgan fingerprint density at radius 3 is 2.73 bits per heavy atom. The van der Waals surface area contributed by atoms with Gasteiger partial charge in [-0.05, 0) is 29.7 Å². The SMILES string of the molecule is O=C(CN1CSCC1=O)Nc1ccccc1CN1CCc2ccccc21. The van der Waals surface area contributed by atoms with Gasteiger partial charge in [0.05, 0.1) is 11.6 Å². The number of nitrogens with one attached hydrogen (secondary N) is 1. The minimum Gasteiger partial charge on any atom is -0.367 e. The van der Waals surface area contributed by atoms with Gasteiger partial charge in [-0.25, -0.2) is 0 Å². The summed E-state index contributed by atoms with van der Waals surface area (Å²) in [6.45, 7) is 1.86.